The Morgan fingerprint density at radius 1 is 0.750 bits per heavy atom. The molecular weight excluding hydrogens is 116 g/mol. The molecule has 5 heteroatoms. The largest absolute Gasteiger partial charge is 0.373 e. The SMILES string of the molecule is C.O=C=O.O=C=O.[O]. The summed E-state index contributed by atoms with van der Waals surface area (Å²) in [7, 11) is 0. The summed E-state index contributed by atoms with van der Waals surface area (Å²) >= 11 is 0. The number of rotatable bonds is 0. The summed E-state index contributed by atoms with van der Waals surface area (Å²) in [6.07, 6.45) is 0.500. The van der Waals surface area contributed by atoms with E-state index < -0.39 is 0 Å². The normalized spacial score (nSPS) is 2.00. The molecule has 0 aromatic heterocycles. The van der Waals surface area contributed by atoms with Crippen molar-refractivity contribution in [2.24, 2.45) is 0 Å². The second kappa shape index (κ2) is 246. The van der Waals surface area contributed by atoms with Gasteiger partial charge in [-0.15, -0.1) is 0 Å². The van der Waals surface area contributed by atoms with Gasteiger partial charge in [-0.3, -0.25) is 0 Å². The van der Waals surface area contributed by atoms with Gasteiger partial charge in [0.2, 0.25) is 0 Å². The molecule has 0 aromatic rings. The van der Waals surface area contributed by atoms with Crippen molar-refractivity contribution in [1.82, 2.24) is 0 Å². The first-order chi connectivity index (χ1) is 2.83. The summed E-state index contributed by atoms with van der Waals surface area (Å²) < 4.78 is 0. The van der Waals surface area contributed by atoms with Crippen molar-refractivity contribution in [3.8, 4) is 0 Å². The monoisotopic (exact) mass is 120 g/mol. The quantitative estimate of drug-likeness (QED) is 0.424. The highest BCUT2D eigenvalue weighted by Gasteiger charge is 1.13. The fourth-order valence-electron chi connectivity index (χ4n) is 0. The van der Waals surface area contributed by atoms with Gasteiger partial charge in [0.15, 0.2) is 0 Å². The molecule has 0 aromatic carbocycles. The van der Waals surface area contributed by atoms with Crippen molar-refractivity contribution in [1.29, 1.82) is 0 Å². The molecule has 0 saturated carbocycles. The molecule has 0 rings (SSSR count). The van der Waals surface area contributed by atoms with Gasteiger partial charge >= 0.3 is 12.3 Å². The Hall–Kier alpha value is -1.28. The van der Waals surface area contributed by atoms with Crippen LogP contribution < -0.4 is 0 Å². The third-order valence-corrected chi connectivity index (χ3v) is 0. The maximum absolute atomic E-state index is 8.12. The van der Waals surface area contributed by atoms with Gasteiger partial charge in [-0.1, -0.05) is 7.43 Å². The second-order valence-electron chi connectivity index (χ2n) is 0.167. The summed E-state index contributed by atoms with van der Waals surface area (Å²) in [5, 5.41) is 0. The fourth-order valence-corrected chi connectivity index (χ4v) is 0. The zero-order chi connectivity index (χ0) is 5.41. The van der Waals surface area contributed by atoms with E-state index in [1.165, 1.54) is 0 Å². The van der Waals surface area contributed by atoms with Crippen molar-refractivity contribution >= 4 is 12.3 Å². The van der Waals surface area contributed by atoms with Crippen LogP contribution in [0.25, 0.3) is 0 Å². The lowest BCUT2D eigenvalue weighted by molar-refractivity contribution is -0.193. The van der Waals surface area contributed by atoms with Crippen LogP contribution in [0.5, 0.6) is 0 Å². The fraction of sp³-hybridized carbons (Fsp3) is 0.333. The predicted molar refractivity (Wildman–Crippen MR) is 17.4 cm³/mol. The molecule has 0 aliphatic carbocycles. The summed E-state index contributed by atoms with van der Waals surface area (Å²) in [6, 6.07) is 0. The van der Waals surface area contributed by atoms with Crippen molar-refractivity contribution in [3.05, 3.63) is 0 Å². The molecule has 0 N–H and O–H groups in total. The highest BCUT2D eigenvalue weighted by Crippen LogP contribution is 0.790. The van der Waals surface area contributed by atoms with Crippen LogP contribution in [-0.2, 0) is 24.7 Å². The molecule has 5 nitrogen and oxygen atoms in total. The van der Waals surface area contributed by atoms with Crippen LogP contribution >= 0.6 is 0 Å². The van der Waals surface area contributed by atoms with Crippen LogP contribution in [0.1, 0.15) is 7.43 Å². The lowest BCUT2D eigenvalue weighted by Gasteiger charge is -0.945. The Labute approximate surface area is 45.6 Å². The Kier molecular flexibility index (Phi) is 913. The van der Waals surface area contributed by atoms with Crippen molar-refractivity contribution in [3.63, 3.8) is 0 Å². The van der Waals surface area contributed by atoms with E-state index in [1.807, 2.05) is 0 Å². The van der Waals surface area contributed by atoms with Crippen molar-refractivity contribution < 1.29 is 24.7 Å². The van der Waals surface area contributed by atoms with Crippen LogP contribution in [0.2, 0.25) is 0 Å². The molecule has 0 atom stereocenters. The second-order valence-corrected chi connectivity index (χ2v) is 0.167. The maximum Gasteiger partial charge on any atom is 0.373 e. The first-order valence-electron chi connectivity index (χ1n) is 0.816. The molecule has 0 bridgehead atoms. The van der Waals surface area contributed by atoms with Gasteiger partial charge in [0, 0.05) is 5.48 Å². The van der Waals surface area contributed by atoms with Crippen LogP contribution in [0, 0.1) is 0 Å². The minimum Gasteiger partial charge on any atom is -0.186 e. The van der Waals surface area contributed by atoms with E-state index in [-0.39, 0.29) is 25.2 Å². The molecule has 0 aliphatic heterocycles. The zero-order valence-electron chi connectivity index (χ0n) is 3.04. The van der Waals surface area contributed by atoms with E-state index in [1.54, 1.807) is 0 Å². The Bertz CT molecular complexity index is 61.7. The molecule has 0 aliphatic rings. The maximum atomic E-state index is 8.12. The summed E-state index contributed by atoms with van der Waals surface area (Å²) in [5.74, 6) is 0. The molecule has 0 fully saturated rings. The first-order valence-corrected chi connectivity index (χ1v) is 0.816. The molecule has 46 valence electrons. The van der Waals surface area contributed by atoms with Crippen molar-refractivity contribution in [2.45, 2.75) is 7.43 Å². The number of hydrogen-bond acceptors (Lipinski definition) is 4. The van der Waals surface area contributed by atoms with Gasteiger partial charge in [0.25, 0.3) is 0 Å². The highest BCUT2D eigenvalue weighted by atomic mass is 16.2. The first kappa shape index (κ1) is 29.7. The molecule has 0 spiro atoms. The van der Waals surface area contributed by atoms with E-state index in [4.69, 9.17) is 19.2 Å². The van der Waals surface area contributed by atoms with Gasteiger partial charge in [0.1, 0.15) is 0 Å². The number of carbonyl (C=O) groups excluding carboxylic acids is 4. The van der Waals surface area contributed by atoms with Gasteiger partial charge in [-0.25, -0.2) is 0 Å². The van der Waals surface area contributed by atoms with Crippen molar-refractivity contribution in [2.75, 3.05) is 0 Å². The topological polar surface area (TPSA) is 96.8 Å². The molecule has 0 unspecified atom stereocenters. The minimum absolute atomic E-state index is 0. The molecule has 0 amide bonds. The van der Waals surface area contributed by atoms with E-state index in [0.717, 1.165) is 0 Å². The average Bonchev–Trinajstić information content (AvgIpc) is 1.39. The highest BCUT2D eigenvalue weighted by molar-refractivity contribution is 5.20. The Morgan fingerprint density at radius 3 is 0.750 bits per heavy atom. The van der Waals surface area contributed by atoms with Crippen LogP contribution in [0.15, 0.2) is 0 Å². The van der Waals surface area contributed by atoms with E-state index >= 15 is 0 Å². The van der Waals surface area contributed by atoms with Gasteiger partial charge in [-0.2, -0.15) is 19.2 Å². The van der Waals surface area contributed by atoms with Crippen LogP contribution in [0.3, 0.4) is 0 Å². The minimum atomic E-state index is 0. The third-order valence-electron chi connectivity index (χ3n) is 0. The number of hydrogen-bond donors (Lipinski definition) is 0. The van der Waals surface area contributed by atoms with Crippen LogP contribution in [-0.4, -0.2) is 12.3 Å². The standard InChI is InChI=1S/2CO2.CH4.O/c2*2-1-3;;/h;;1H4;. The Balaban J connectivity index is -0.0000000160. The summed E-state index contributed by atoms with van der Waals surface area (Å²) in [4.78, 5) is 32.5. The van der Waals surface area contributed by atoms with Gasteiger partial charge in [0.05, 0.1) is 0 Å². The van der Waals surface area contributed by atoms with E-state index in [2.05, 4.69) is 0 Å². The van der Waals surface area contributed by atoms with Crippen LogP contribution in [0.4, 0.5) is 0 Å². The third kappa shape index (κ3) is 39.9. The molecule has 8 heavy (non-hydrogen) atoms. The average molecular weight is 120 g/mol. The van der Waals surface area contributed by atoms with Gasteiger partial charge < -0.3 is 0 Å². The summed E-state index contributed by atoms with van der Waals surface area (Å²) in [6.45, 7) is 0. The smallest absolute Gasteiger partial charge is 0.186 e. The predicted octanol–water partition coefficient (Wildman–Crippen LogP) is -0.650. The lowest BCUT2D eigenvalue weighted by atomic mass is 11.8. The lowest BCUT2D eigenvalue weighted by Crippen LogP contribution is -1.22. The van der Waals surface area contributed by atoms with Gasteiger partial charge in [-0.05, 0) is 0 Å². The zero-order valence-corrected chi connectivity index (χ0v) is 3.04. The van der Waals surface area contributed by atoms with E-state index in [0.29, 0.717) is 0 Å². The summed E-state index contributed by atoms with van der Waals surface area (Å²) in [5.41, 5.74) is 0. The molecule has 0 heterocycles. The molecular formula is C3H4O5. The van der Waals surface area contributed by atoms with E-state index in [9.17, 15) is 0 Å². The molecule has 2 radical (unpaired) electrons. The molecule has 0 saturated heterocycles. The Morgan fingerprint density at radius 2 is 0.750 bits per heavy atom.